The minimum absolute atomic E-state index is 0.241. The largest absolute Gasteiger partial charge is 0.396 e. The van der Waals surface area contributed by atoms with Crippen LogP contribution in [0, 0.1) is 0 Å². The van der Waals surface area contributed by atoms with Crippen molar-refractivity contribution < 1.29 is 5.11 Å². The van der Waals surface area contributed by atoms with Crippen LogP contribution in [-0.2, 0) is 10.8 Å². The van der Waals surface area contributed by atoms with Gasteiger partial charge < -0.3 is 10.0 Å². The Labute approximate surface area is 192 Å². The number of unbranched alkanes of at least 4 members (excludes halogenated alkanes) is 2. The Hall–Kier alpha value is -1.23. The molecule has 0 saturated carbocycles. The first-order valence-corrected chi connectivity index (χ1v) is 13.1. The quantitative estimate of drug-likeness (QED) is 0.499. The zero-order chi connectivity index (χ0) is 22.1. The van der Waals surface area contributed by atoms with E-state index in [0.29, 0.717) is 12.5 Å². The van der Waals surface area contributed by atoms with Gasteiger partial charge in [-0.15, -0.1) is 11.3 Å². The Bertz CT molecular complexity index is 877. The van der Waals surface area contributed by atoms with Gasteiger partial charge in [0.15, 0.2) is 0 Å². The molecule has 4 heteroatoms. The molecule has 1 saturated heterocycles. The second-order valence-corrected chi connectivity index (χ2v) is 12.1. The molecule has 0 bridgehead atoms. The molecule has 1 aliphatic carbocycles. The van der Waals surface area contributed by atoms with E-state index in [4.69, 9.17) is 10.1 Å². The van der Waals surface area contributed by atoms with Gasteiger partial charge in [-0.05, 0) is 98.5 Å². The van der Waals surface area contributed by atoms with E-state index in [-0.39, 0.29) is 10.8 Å². The summed E-state index contributed by atoms with van der Waals surface area (Å²) >= 11 is 1.91. The second kappa shape index (κ2) is 9.33. The summed E-state index contributed by atoms with van der Waals surface area (Å²) in [5.41, 5.74) is 4.85. The highest BCUT2D eigenvalue weighted by atomic mass is 32.1. The lowest BCUT2D eigenvalue weighted by atomic mass is 9.63. The molecule has 0 spiro atoms. The summed E-state index contributed by atoms with van der Waals surface area (Å²) in [7, 11) is 0. The number of aliphatic hydroxyl groups is 1. The molecule has 1 aromatic carbocycles. The van der Waals surface area contributed by atoms with E-state index in [1.165, 1.54) is 78.3 Å². The summed E-state index contributed by atoms with van der Waals surface area (Å²) in [6, 6.07) is 7.12. The van der Waals surface area contributed by atoms with Crippen LogP contribution in [-0.4, -0.2) is 41.2 Å². The fraction of sp³-hybridized carbons (Fsp3) is 0.667. The highest BCUT2D eigenvalue weighted by molar-refractivity contribution is 7.15. The first kappa shape index (κ1) is 22.9. The number of aromatic nitrogens is 1. The number of rotatable bonds is 7. The van der Waals surface area contributed by atoms with E-state index in [2.05, 4.69) is 57.0 Å². The summed E-state index contributed by atoms with van der Waals surface area (Å²) in [5.74, 6) is 0.660. The monoisotopic (exact) mass is 440 g/mol. The molecule has 0 radical (unpaired) electrons. The van der Waals surface area contributed by atoms with Crippen LogP contribution in [0.4, 0.5) is 0 Å². The fourth-order valence-electron chi connectivity index (χ4n) is 5.40. The maximum absolute atomic E-state index is 8.94. The zero-order valence-corrected chi connectivity index (χ0v) is 20.7. The molecule has 31 heavy (non-hydrogen) atoms. The predicted octanol–water partition coefficient (Wildman–Crippen LogP) is 6.50. The number of aliphatic hydroxyl groups excluding tert-OH is 1. The maximum Gasteiger partial charge on any atom is 0.123 e. The molecule has 1 aromatic heterocycles. The third-order valence-electron chi connectivity index (χ3n) is 7.75. The van der Waals surface area contributed by atoms with Crippen LogP contribution in [0.15, 0.2) is 24.4 Å². The Morgan fingerprint density at radius 1 is 1.00 bits per heavy atom. The van der Waals surface area contributed by atoms with Crippen molar-refractivity contribution in [3.63, 3.8) is 0 Å². The van der Waals surface area contributed by atoms with Crippen LogP contribution >= 0.6 is 11.3 Å². The van der Waals surface area contributed by atoms with E-state index < -0.39 is 0 Å². The lowest BCUT2D eigenvalue weighted by Gasteiger charge is -2.42. The number of hydrogen-bond acceptors (Lipinski definition) is 4. The van der Waals surface area contributed by atoms with Crippen molar-refractivity contribution in [2.24, 2.45) is 0 Å². The molecule has 0 unspecified atom stereocenters. The average Bonchev–Trinajstić information content (AvgIpc) is 3.25. The number of piperidine rings is 1. The van der Waals surface area contributed by atoms with E-state index in [0.717, 1.165) is 12.8 Å². The minimum atomic E-state index is 0.241. The summed E-state index contributed by atoms with van der Waals surface area (Å²) in [6.07, 6.45) is 10.4. The summed E-state index contributed by atoms with van der Waals surface area (Å²) < 4.78 is 0. The third kappa shape index (κ3) is 5.07. The number of fused-ring (bicyclic) bond motifs is 1. The summed E-state index contributed by atoms with van der Waals surface area (Å²) in [4.78, 5) is 8.93. The molecule has 1 N–H and O–H groups in total. The van der Waals surface area contributed by atoms with E-state index in [9.17, 15) is 0 Å². The maximum atomic E-state index is 8.94. The van der Waals surface area contributed by atoms with Gasteiger partial charge in [0.2, 0.25) is 0 Å². The van der Waals surface area contributed by atoms with Gasteiger partial charge in [-0.3, -0.25) is 0 Å². The first-order chi connectivity index (χ1) is 14.8. The summed E-state index contributed by atoms with van der Waals surface area (Å²) in [6.45, 7) is 13.5. The van der Waals surface area contributed by atoms with Gasteiger partial charge in [0.25, 0.3) is 0 Å². The normalized spacial score (nSPS) is 21.2. The van der Waals surface area contributed by atoms with E-state index in [1.807, 2.05) is 11.3 Å². The molecule has 2 aliphatic rings. The highest BCUT2D eigenvalue weighted by Crippen LogP contribution is 2.47. The Kier molecular flexibility index (Phi) is 6.90. The molecule has 3 nitrogen and oxygen atoms in total. The van der Waals surface area contributed by atoms with Gasteiger partial charge >= 0.3 is 0 Å². The van der Waals surface area contributed by atoms with Gasteiger partial charge in [0.05, 0.1) is 0 Å². The Balaban J connectivity index is 1.43. The molecule has 2 aromatic rings. The lowest BCUT2D eigenvalue weighted by molar-refractivity contribution is 0.206. The van der Waals surface area contributed by atoms with Crippen molar-refractivity contribution in [2.45, 2.75) is 89.4 Å². The number of benzene rings is 1. The van der Waals surface area contributed by atoms with Crippen molar-refractivity contribution in [3.05, 3.63) is 40.4 Å². The molecular weight excluding hydrogens is 400 g/mol. The van der Waals surface area contributed by atoms with Gasteiger partial charge in [-0.25, -0.2) is 4.98 Å². The smallest absolute Gasteiger partial charge is 0.123 e. The van der Waals surface area contributed by atoms with Crippen LogP contribution in [0.3, 0.4) is 0 Å². The minimum Gasteiger partial charge on any atom is -0.396 e. The third-order valence-corrected chi connectivity index (χ3v) is 8.95. The predicted molar refractivity (Wildman–Crippen MR) is 132 cm³/mol. The van der Waals surface area contributed by atoms with Crippen LogP contribution in [0.5, 0.6) is 0 Å². The van der Waals surface area contributed by atoms with E-state index >= 15 is 0 Å². The highest BCUT2D eigenvalue weighted by Gasteiger charge is 2.37. The van der Waals surface area contributed by atoms with Crippen molar-refractivity contribution in [1.29, 1.82) is 0 Å². The van der Waals surface area contributed by atoms with Crippen molar-refractivity contribution in [2.75, 3.05) is 26.2 Å². The van der Waals surface area contributed by atoms with Crippen molar-refractivity contribution in [3.8, 4) is 10.6 Å². The molecule has 2 heterocycles. The average molecular weight is 441 g/mol. The van der Waals surface area contributed by atoms with Crippen LogP contribution in [0.25, 0.3) is 10.6 Å². The first-order valence-electron chi connectivity index (χ1n) is 12.2. The Morgan fingerprint density at radius 2 is 1.71 bits per heavy atom. The van der Waals surface area contributed by atoms with Gasteiger partial charge in [0, 0.05) is 23.2 Å². The zero-order valence-electron chi connectivity index (χ0n) is 19.9. The van der Waals surface area contributed by atoms with Crippen LogP contribution in [0.1, 0.15) is 94.6 Å². The van der Waals surface area contributed by atoms with Gasteiger partial charge in [-0.2, -0.15) is 0 Å². The molecule has 1 fully saturated rings. The summed E-state index contributed by atoms with van der Waals surface area (Å²) in [5, 5.41) is 10.1. The van der Waals surface area contributed by atoms with Gasteiger partial charge in [-0.1, -0.05) is 39.8 Å². The molecule has 0 atom stereocenters. The Morgan fingerprint density at radius 3 is 2.42 bits per heavy atom. The number of nitrogens with zero attached hydrogens (tertiary/aromatic N) is 2. The second-order valence-electron chi connectivity index (χ2n) is 11.0. The van der Waals surface area contributed by atoms with E-state index in [1.54, 1.807) is 0 Å². The lowest BCUT2D eigenvalue weighted by Crippen LogP contribution is -2.33. The van der Waals surface area contributed by atoms with Crippen molar-refractivity contribution in [1.82, 2.24) is 9.88 Å². The van der Waals surface area contributed by atoms with Gasteiger partial charge in [0.1, 0.15) is 5.01 Å². The standard InChI is InChI=1S/C27H40N2OS/c1-26(2)12-13-27(3,4)23-18-21(8-9-22(23)26)25-28-19-24(31-25)20-10-15-29(16-11-20)14-6-5-7-17-30/h8-9,18-20,30H,5-7,10-17H2,1-4H3. The number of thiazole rings is 1. The molecule has 1 aliphatic heterocycles. The number of hydrogen-bond donors (Lipinski definition) is 1. The molecule has 0 amide bonds. The van der Waals surface area contributed by atoms with Crippen molar-refractivity contribution >= 4 is 11.3 Å². The fourth-order valence-corrected chi connectivity index (χ4v) is 6.48. The SMILES string of the molecule is CC1(C)CCC(C)(C)c2cc(-c3ncc(C4CCN(CCCCCO)CC4)s3)ccc21. The topological polar surface area (TPSA) is 36.4 Å². The van der Waals surface area contributed by atoms with Crippen LogP contribution in [0.2, 0.25) is 0 Å². The molecule has 4 rings (SSSR count). The van der Waals surface area contributed by atoms with Crippen LogP contribution < -0.4 is 0 Å². The molecule has 170 valence electrons. The number of likely N-dealkylation sites (tertiary alicyclic amines) is 1. The molecular formula is C27H40N2OS.